The van der Waals surface area contributed by atoms with Crippen molar-refractivity contribution in [2.24, 2.45) is 0 Å². The van der Waals surface area contributed by atoms with Crippen LogP contribution in [0.5, 0.6) is 11.5 Å². The van der Waals surface area contributed by atoms with Crippen LogP contribution in [0.15, 0.2) is 42.5 Å². The van der Waals surface area contributed by atoms with Gasteiger partial charge in [0.2, 0.25) is 0 Å². The van der Waals surface area contributed by atoms with Crippen LogP contribution in [-0.2, 0) is 24.6 Å². The average molecular weight is 414 g/mol. The number of carbonyl (C=O) groups excluding carboxylic acids is 2. The van der Waals surface area contributed by atoms with Crippen molar-refractivity contribution in [2.45, 2.75) is 24.4 Å². The van der Waals surface area contributed by atoms with Gasteiger partial charge in [-0.3, -0.25) is 0 Å². The molecule has 0 radical (unpaired) electrons. The highest BCUT2D eigenvalue weighted by Gasteiger charge is 2.55. The van der Waals surface area contributed by atoms with Gasteiger partial charge in [-0.05, 0) is 49.4 Å². The molecule has 1 heterocycles. The Kier molecular flexibility index (Phi) is 5.78. The van der Waals surface area contributed by atoms with Gasteiger partial charge in [0.05, 0.1) is 28.4 Å². The summed E-state index contributed by atoms with van der Waals surface area (Å²) >= 11 is 0. The number of methoxy groups -OCH3 is 4. The molecule has 3 rings (SSSR count). The summed E-state index contributed by atoms with van der Waals surface area (Å²) in [7, 11) is 5.76. The van der Waals surface area contributed by atoms with Crippen molar-refractivity contribution in [1.29, 1.82) is 0 Å². The van der Waals surface area contributed by atoms with E-state index in [9.17, 15) is 9.59 Å². The van der Waals surface area contributed by atoms with Crippen molar-refractivity contribution >= 4 is 23.3 Å². The van der Waals surface area contributed by atoms with Crippen LogP contribution in [0, 0.1) is 0 Å². The van der Waals surface area contributed by atoms with Gasteiger partial charge in [0, 0.05) is 23.4 Å². The molecule has 1 aliphatic heterocycles. The van der Waals surface area contributed by atoms with E-state index in [1.807, 2.05) is 0 Å². The summed E-state index contributed by atoms with van der Waals surface area (Å²) in [5.74, 6) is 0.222. The molecule has 0 aromatic heterocycles. The van der Waals surface area contributed by atoms with Gasteiger partial charge in [0.25, 0.3) is 0 Å². The van der Waals surface area contributed by atoms with Crippen molar-refractivity contribution in [2.75, 3.05) is 39.1 Å². The minimum atomic E-state index is -1.37. The molecule has 30 heavy (non-hydrogen) atoms. The Morgan fingerprint density at radius 1 is 0.900 bits per heavy atom. The molecule has 0 spiro atoms. The lowest BCUT2D eigenvalue weighted by molar-refractivity contribution is -0.151. The number of hydrogen-bond donors (Lipinski definition) is 2. The Balaban J connectivity index is 2.21. The molecule has 2 N–H and O–H groups in total. The smallest absolute Gasteiger partial charge is 0.336 e. The first-order valence-corrected chi connectivity index (χ1v) is 9.37. The van der Waals surface area contributed by atoms with Crippen molar-refractivity contribution in [3.63, 3.8) is 0 Å². The van der Waals surface area contributed by atoms with Gasteiger partial charge in [-0.25, -0.2) is 9.59 Å². The third-order valence-corrected chi connectivity index (χ3v) is 5.33. The van der Waals surface area contributed by atoms with E-state index in [0.717, 1.165) is 0 Å². The lowest BCUT2D eigenvalue weighted by Gasteiger charge is -2.45. The molecule has 2 aromatic rings. The van der Waals surface area contributed by atoms with E-state index in [0.29, 0.717) is 28.4 Å². The zero-order chi connectivity index (χ0) is 21.9. The Labute approximate surface area is 175 Å². The average Bonchev–Trinajstić information content (AvgIpc) is 2.77. The molecule has 160 valence electrons. The van der Waals surface area contributed by atoms with Crippen LogP contribution < -0.4 is 20.1 Å². The highest BCUT2D eigenvalue weighted by atomic mass is 16.5. The minimum absolute atomic E-state index is 0.0472. The van der Waals surface area contributed by atoms with Gasteiger partial charge in [0.1, 0.15) is 17.0 Å². The van der Waals surface area contributed by atoms with Gasteiger partial charge in [-0.15, -0.1) is 0 Å². The lowest BCUT2D eigenvalue weighted by Crippen LogP contribution is -2.59. The van der Waals surface area contributed by atoms with Crippen molar-refractivity contribution < 1.29 is 28.5 Å². The van der Waals surface area contributed by atoms with Crippen LogP contribution in [-0.4, -0.2) is 45.9 Å². The molecule has 2 atom stereocenters. The molecule has 0 unspecified atom stereocenters. The van der Waals surface area contributed by atoms with Crippen LogP contribution in [0.25, 0.3) is 0 Å². The van der Waals surface area contributed by atoms with E-state index in [4.69, 9.17) is 18.9 Å². The number of nitrogens with one attached hydrogen (secondary N) is 2. The highest BCUT2D eigenvalue weighted by molar-refractivity contribution is 5.95. The molecule has 0 amide bonds. The number of esters is 2. The van der Waals surface area contributed by atoms with Crippen LogP contribution in [0.3, 0.4) is 0 Å². The Bertz CT molecular complexity index is 945. The number of rotatable bonds is 6. The molecule has 1 aliphatic rings. The SMILES string of the molecule is COC(=O)[C@@]1(Nc2ccc(OC)cc2)C[C@@](C)(C(=O)OC)Nc2ccc(OC)cc21. The second-order valence-electron chi connectivity index (χ2n) is 7.29. The van der Waals surface area contributed by atoms with Gasteiger partial charge in [0.15, 0.2) is 5.54 Å². The summed E-state index contributed by atoms with van der Waals surface area (Å²) in [6.45, 7) is 1.69. The quantitative estimate of drug-likeness (QED) is 0.697. The first-order valence-electron chi connectivity index (χ1n) is 9.37. The van der Waals surface area contributed by atoms with E-state index in [-0.39, 0.29) is 6.42 Å². The lowest BCUT2D eigenvalue weighted by atomic mass is 9.73. The molecular formula is C22H26N2O6. The zero-order valence-corrected chi connectivity index (χ0v) is 17.7. The van der Waals surface area contributed by atoms with E-state index in [2.05, 4.69) is 10.6 Å². The largest absolute Gasteiger partial charge is 0.497 e. The molecule has 2 aromatic carbocycles. The summed E-state index contributed by atoms with van der Waals surface area (Å²) in [5.41, 5.74) is -0.692. The van der Waals surface area contributed by atoms with E-state index >= 15 is 0 Å². The van der Waals surface area contributed by atoms with Crippen molar-refractivity contribution in [1.82, 2.24) is 0 Å². The molecule has 0 saturated carbocycles. The predicted octanol–water partition coefficient (Wildman–Crippen LogP) is 2.93. The molecule has 8 nitrogen and oxygen atoms in total. The second-order valence-corrected chi connectivity index (χ2v) is 7.29. The molecule has 0 fully saturated rings. The fourth-order valence-corrected chi connectivity index (χ4v) is 3.87. The summed E-state index contributed by atoms with van der Waals surface area (Å²) in [6, 6.07) is 12.4. The Morgan fingerprint density at radius 2 is 1.50 bits per heavy atom. The maximum Gasteiger partial charge on any atom is 0.336 e. The van der Waals surface area contributed by atoms with Crippen LogP contribution >= 0.6 is 0 Å². The molecule has 0 saturated heterocycles. The molecule has 0 bridgehead atoms. The topological polar surface area (TPSA) is 95.1 Å². The fraction of sp³-hybridized carbons (Fsp3) is 0.364. The Hall–Kier alpha value is -3.42. The maximum absolute atomic E-state index is 13.2. The van der Waals surface area contributed by atoms with Crippen LogP contribution in [0.2, 0.25) is 0 Å². The number of ether oxygens (including phenoxy) is 4. The number of fused-ring (bicyclic) bond motifs is 1. The third kappa shape index (κ3) is 3.60. The van der Waals surface area contributed by atoms with Crippen LogP contribution in [0.1, 0.15) is 18.9 Å². The monoisotopic (exact) mass is 414 g/mol. The number of carbonyl (C=O) groups is 2. The molecule has 0 aliphatic carbocycles. The maximum atomic E-state index is 13.2. The second kappa shape index (κ2) is 8.14. The predicted molar refractivity (Wildman–Crippen MR) is 112 cm³/mol. The van der Waals surface area contributed by atoms with Crippen molar-refractivity contribution in [3.05, 3.63) is 48.0 Å². The number of hydrogen-bond acceptors (Lipinski definition) is 8. The highest BCUT2D eigenvalue weighted by Crippen LogP contribution is 2.46. The first kappa shape index (κ1) is 21.3. The summed E-state index contributed by atoms with van der Waals surface area (Å²) in [4.78, 5) is 25.9. The Morgan fingerprint density at radius 3 is 2.07 bits per heavy atom. The van der Waals surface area contributed by atoms with Gasteiger partial charge < -0.3 is 29.6 Å². The van der Waals surface area contributed by atoms with Crippen molar-refractivity contribution in [3.8, 4) is 11.5 Å². The standard InChI is InChI=1S/C22H26N2O6/c1-21(19(25)29-4)13-22(20(26)30-5,23-14-6-8-15(27-2)9-7-14)17-12-16(28-3)10-11-18(17)24-21/h6-12,23-24H,13H2,1-5H3/t21-,22+/m0/s1. The summed E-state index contributed by atoms with van der Waals surface area (Å²) in [6.07, 6.45) is 0.0472. The van der Waals surface area contributed by atoms with Gasteiger partial charge >= 0.3 is 11.9 Å². The first-order chi connectivity index (χ1) is 14.3. The molecule has 8 heteroatoms. The van der Waals surface area contributed by atoms with E-state index < -0.39 is 23.0 Å². The van der Waals surface area contributed by atoms with Gasteiger partial charge in [-0.2, -0.15) is 0 Å². The zero-order valence-electron chi connectivity index (χ0n) is 17.7. The van der Waals surface area contributed by atoms with Gasteiger partial charge in [-0.1, -0.05) is 0 Å². The summed E-state index contributed by atoms with van der Waals surface area (Å²) < 4.78 is 20.8. The summed E-state index contributed by atoms with van der Waals surface area (Å²) in [5, 5.41) is 6.52. The number of benzene rings is 2. The molecular weight excluding hydrogens is 388 g/mol. The normalized spacial score (nSPS) is 22.2. The van der Waals surface area contributed by atoms with E-state index in [1.54, 1.807) is 63.6 Å². The van der Waals surface area contributed by atoms with E-state index in [1.165, 1.54) is 14.2 Å². The number of anilines is 2. The van der Waals surface area contributed by atoms with Crippen LogP contribution in [0.4, 0.5) is 11.4 Å². The third-order valence-electron chi connectivity index (χ3n) is 5.33. The minimum Gasteiger partial charge on any atom is -0.497 e. The fourth-order valence-electron chi connectivity index (χ4n) is 3.87.